The van der Waals surface area contributed by atoms with Crippen LogP contribution in [-0.2, 0) is 14.6 Å². The van der Waals surface area contributed by atoms with Crippen LogP contribution in [0, 0.1) is 0 Å². The van der Waals surface area contributed by atoms with Gasteiger partial charge in [0.1, 0.15) is 0 Å². The van der Waals surface area contributed by atoms with Crippen molar-refractivity contribution in [1.29, 1.82) is 0 Å². The van der Waals surface area contributed by atoms with E-state index in [1.807, 2.05) is 0 Å². The van der Waals surface area contributed by atoms with E-state index >= 15 is 0 Å². The number of nitrogens with two attached hydrogens (primary N) is 1. The Hall–Kier alpha value is -0.130. The van der Waals surface area contributed by atoms with Crippen LogP contribution >= 0.6 is 0 Å². The van der Waals surface area contributed by atoms with E-state index in [2.05, 4.69) is 0 Å². The van der Waals surface area contributed by atoms with Gasteiger partial charge in [-0.05, 0) is 33.1 Å². The molecule has 1 rings (SSSR count). The summed E-state index contributed by atoms with van der Waals surface area (Å²) in [6, 6.07) is 0.0896. The molecule has 0 aromatic carbocycles. The fourth-order valence-electron chi connectivity index (χ4n) is 1.71. The second-order valence-corrected chi connectivity index (χ2v) is 7.10. The molecule has 0 saturated heterocycles. The average Bonchev–Trinajstić information content (AvgIpc) is 2.51. The van der Waals surface area contributed by atoms with Gasteiger partial charge in [-0.15, -0.1) is 0 Å². The van der Waals surface area contributed by atoms with Crippen LogP contribution in [0.15, 0.2) is 0 Å². The fourth-order valence-corrected chi connectivity index (χ4v) is 2.51. The summed E-state index contributed by atoms with van der Waals surface area (Å²) in [5, 5.41) is -0.321. The summed E-state index contributed by atoms with van der Waals surface area (Å²) in [6.07, 6.45) is 3.10. The smallest absolute Gasteiger partial charge is 0.154 e. The van der Waals surface area contributed by atoms with E-state index in [-0.39, 0.29) is 29.8 Å². The predicted molar refractivity (Wildman–Crippen MR) is 60.5 cm³/mol. The topological polar surface area (TPSA) is 69.4 Å². The van der Waals surface area contributed by atoms with Crippen LogP contribution in [0.2, 0.25) is 0 Å². The maximum Gasteiger partial charge on any atom is 0.154 e. The molecule has 5 heteroatoms. The van der Waals surface area contributed by atoms with Crippen LogP contribution in [0.25, 0.3) is 0 Å². The molecule has 0 bridgehead atoms. The first-order valence-corrected chi connectivity index (χ1v) is 7.24. The molecule has 0 radical (unpaired) electrons. The molecule has 0 aromatic heterocycles. The van der Waals surface area contributed by atoms with E-state index in [1.165, 1.54) is 0 Å². The second-order valence-electron chi connectivity index (χ2n) is 4.42. The quantitative estimate of drug-likeness (QED) is 0.762. The highest BCUT2D eigenvalue weighted by Crippen LogP contribution is 2.20. The summed E-state index contributed by atoms with van der Waals surface area (Å²) in [7, 11) is -2.97. The molecule has 90 valence electrons. The van der Waals surface area contributed by atoms with Crippen molar-refractivity contribution in [1.82, 2.24) is 0 Å². The lowest BCUT2D eigenvalue weighted by atomic mass is 10.2. The maximum absolute atomic E-state index is 11.5. The Morgan fingerprint density at radius 1 is 1.40 bits per heavy atom. The van der Waals surface area contributed by atoms with Gasteiger partial charge in [0.25, 0.3) is 0 Å². The Morgan fingerprint density at radius 3 is 2.53 bits per heavy atom. The Morgan fingerprint density at radius 2 is 2.07 bits per heavy atom. The van der Waals surface area contributed by atoms with Crippen molar-refractivity contribution in [3.8, 4) is 0 Å². The lowest BCUT2D eigenvalue weighted by Crippen LogP contribution is -2.33. The Kier molecular flexibility index (Phi) is 4.55. The summed E-state index contributed by atoms with van der Waals surface area (Å²) < 4.78 is 28.4. The van der Waals surface area contributed by atoms with Crippen molar-refractivity contribution < 1.29 is 13.2 Å². The van der Waals surface area contributed by atoms with E-state index in [4.69, 9.17) is 10.5 Å². The summed E-state index contributed by atoms with van der Waals surface area (Å²) in [4.78, 5) is 0. The summed E-state index contributed by atoms with van der Waals surface area (Å²) in [5.41, 5.74) is 5.81. The fraction of sp³-hybridized carbons (Fsp3) is 1.00. The van der Waals surface area contributed by atoms with Gasteiger partial charge in [-0.1, -0.05) is 0 Å². The molecule has 2 unspecified atom stereocenters. The maximum atomic E-state index is 11.5. The minimum absolute atomic E-state index is 0.0624. The number of hydrogen-bond acceptors (Lipinski definition) is 4. The molecule has 1 aliphatic carbocycles. The zero-order chi connectivity index (χ0) is 11.5. The monoisotopic (exact) mass is 235 g/mol. The minimum atomic E-state index is -2.97. The summed E-state index contributed by atoms with van der Waals surface area (Å²) >= 11 is 0. The van der Waals surface area contributed by atoms with Crippen molar-refractivity contribution in [3.63, 3.8) is 0 Å². The molecule has 2 atom stereocenters. The van der Waals surface area contributed by atoms with Crippen molar-refractivity contribution in [3.05, 3.63) is 0 Å². The van der Waals surface area contributed by atoms with Gasteiger partial charge in [-0.3, -0.25) is 0 Å². The van der Waals surface area contributed by atoms with Crippen molar-refractivity contribution in [2.24, 2.45) is 5.73 Å². The first kappa shape index (κ1) is 12.9. The van der Waals surface area contributed by atoms with Crippen LogP contribution in [0.4, 0.5) is 0 Å². The molecule has 15 heavy (non-hydrogen) atoms. The molecule has 4 nitrogen and oxygen atoms in total. The van der Waals surface area contributed by atoms with Gasteiger partial charge < -0.3 is 10.5 Å². The molecule has 2 N–H and O–H groups in total. The van der Waals surface area contributed by atoms with Gasteiger partial charge >= 0.3 is 0 Å². The molecule has 1 fully saturated rings. The first-order valence-electron chi connectivity index (χ1n) is 5.52. The molecular formula is C10H21NO3S. The van der Waals surface area contributed by atoms with E-state index in [0.717, 1.165) is 19.3 Å². The standard InChI is InChI=1S/C10H21NO3S/c1-8(2)15(12,13)7-6-14-10-5-3-4-9(10)11/h8-10H,3-7,11H2,1-2H3. The highest BCUT2D eigenvalue weighted by molar-refractivity contribution is 7.91. The van der Waals surface area contributed by atoms with Crippen molar-refractivity contribution in [2.45, 2.75) is 50.5 Å². The van der Waals surface area contributed by atoms with Gasteiger partial charge in [0.05, 0.1) is 23.7 Å². The summed E-state index contributed by atoms with van der Waals surface area (Å²) in [5.74, 6) is 0.105. The molecular weight excluding hydrogens is 214 g/mol. The van der Waals surface area contributed by atoms with Gasteiger partial charge in [0.15, 0.2) is 9.84 Å². The third-order valence-corrected chi connectivity index (χ3v) is 5.09. The number of ether oxygens (including phenoxy) is 1. The highest BCUT2D eigenvalue weighted by atomic mass is 32.2. The van der Waals surface area contributed by atoms with Crippen LogP contribution in [0.3, 0.4) is 0 Å². The highest BCUT2D eigenvalue weighted by Gasteiger charge is 2.25. The molecule has 1 saturated carbocycles. The minimum Gasteiger partial charge on any atom is -0.376 e. The van der Waals surface area contributed by atoms with Gasteiger partial charge in [-0.2, -0.15) is 0 Å². The number of sulfone groups is 1. The third-order valence-electron chi connectivity index (χ3n) is 2.92. The molecule has 0 aromatic rings. The second kappa shape index (κ2) is 5.27. The zero-order valence-corrected chi connectivity index (χ0v) is 10.3. The molecule has 0 heterocycles. The van der Waals surface area contributed by atoms with Crippen molar-refractivity contribution >= 4 is 9.84 Å². The molecule has 0 aliphatic heterocycles. The first-order chi connectivity index (χ1) is 6.93. The van der Waals surface area contributed by atoms with Crippen LogP contribution in [0.1, 0.15) is 33.1 Å². The SMILES string of the molecule is CC(C)S(=O)(=O)CCOC1CCCC1N. The largest absolute Gasteiger partial charge is 0.376 e. The average molecular weight is 235 g/mol. The molecule has 0 amide bonds. The van der Waals surface area contributed by atoms with Crippen molar-refractivity contribution in [2.75, 3.05) is 12.4 Å². The lowest BCUT2D eigenvalue weighted by Gasteiger charge is -2.16. The predicted octanol–water partition coefficient (Wildman–Crippen LogP) is 0.706. The van der Waals surface area contributed by atoms with Crippen LogP contribution in [-0.4, -0.2) is 38.2 Å². The Bertz CT molecular complexity index is 287. The van der Waals surface area contributed by atoms with E-state index in [0.29, 0.717) is 0 Å². The number of rotatable bonds is 5. The number of hydrogen-bond donors (Lipinski definition) is 1. The van der Waals surface area contributed by atoms with Gasteiger partial charge in [0.2, 0.25) is 0 Å². The molecule has 1 aliphatic rings. The van der Waals surface area contributed by atoms with Gasteiger partial charge in [0, 0.05) is 6.04 Å². The Labute approximate surface area is 92.1 Å². The lowest BCUT2D eigenvalue weighted by molar-refractivity contribution is 0.0587. The Balaban J connectivity index is 2.27. The normalized spacial score (nSPS) is 27.5. The van der Waals surface area contributed by atoms with E-state index < -0.39 is 9.84 Å². The van der Waals surface area contributed by atoms with E-state index in [1.54, 1.807) is 13.8 Å². The zero-order valence-electron chi connectivity index (χ0n) is 9.48. The summed E-state index contributed by atoms with van der Waals surface area (Å²) in [6.45, 7) is 3.66. The van der Waals surface area contributed by atoms with E-state index in [9.17, 15) is 8.42 Å². The van der Waals surface area contributed by atoms with Crippen LogP contribution < -0.4 is 5.73 Å². The van der Waals surface area contributed by atoms with Gasteiger partial charge in [-0.25, -0.2) is 8.42 Å². The third kappa shape index (κ3) is 3.74. The molecule has 0 spiro atoms. The van der Waals surface area contributed by atoms with Crippen LogP contribution in [0.5, 0.6) is 0 Å².